The van der Waals surface area contributed by atoms with Gasteiger partial charge < -0.3 is 15.3 Å². The Morgan fingerprint density at radius 3 is 2.88 bits per heavy atom. The van der Waals surface area contributed by atoms with Gasteiger partial charge in [-0.2, -0.15) is 5.10 Å². The van der Waals surface area contributed by atoms with Gasteiger partial charge in [0.25, 0.3) is 0 Å². The van der Waals surface area contributed by atoms with Crippen molar-refractivity contribution in [1.29, 1.82) is 0 Å². The number of benzene rings is 2. The SMILES string of the molecule is NC(=O)CCn1cc(/C=N/Nc2nc3ccccc3[nH]2)c2ccccc21. The number of fused-ring (bicyclic) bond motifs is 2. The van der Waals surface area contributed by atoms with Crippen LogP contribution in [-0.4, -0.2) is 26.7 Å². The van der Waals surface area contributed by atoms with Gasteiger partial charge in [0.1, 0.15) is 0 Å². The number of anilines is 1. The van der Waals surface area contributed by atoms with E-state index in [1.807, 2.05) is 59.3 Å². The predicted molar refractivity (Wildman–Crippen MR) is 103 cm³/mol. The minimum Gasteiger partial charge on any atom is -0.370 e. The maximum Gasteiger partial charge on any atom is 0.222 e. The molecule has 130 valence electrons. The summed E-state index contributed by atoms with van der Waals surface area (Å²) in [6, 6.07) is 15.8. The summed E-state index contributed by atoms with van der Waals surface area (Å²) >= 11 is 0. The standard InChI is InChI=1S/C19H18N6O/c20-18(26)9-10-25-12-13(14-5-1-4-8-17(14)25)11-21-24-19-22-15-6-2-3-7-16(15)23-19/h1-8,11-12H,9-10H2,(H2,20,26)(H2,22,23,24)/b21-11+. The van der Waals surface area contributed by atoms with Gasteiger partial charge >= 0.3 is 0 Å². The van der Waals surface area contributed by atoms with Crippen molar-refractivity contribution in [1.82, 2.24) is 14.5 Å². The van der Waals surface area contributed by atoms with Gasteiger partial charge in [0.15, 0.2) is 0 Å². The first kappa shape index (κ1) is 15.9. The average molecular weight is 346 g/mol. The zero-order valence-corrected chi connectivity index (χ0v) is 14.0. The molecule has 7 heteroatoms. The maximum atomic E-state index is 11.1. The minimum absolute atomic E-state index is 0.298. The van der Waals surface area contributed by atoms with Crippen molar-refractivity contribution >= 4 is 40.0 Å². The van der Waals surface area contributed by atoms with Crippen molar-refractivity contribution in [2.45, 2.75) is 13.0 Å². The Hall–Kier alpha value is -3.61. The Morgan fingerprint density at radius 2 is 2.04 bits per heavy atom. The molecular weight excluding hydrogens is 328 g/mol. The molecule has 0 unspecified atom stereocenters. The second-order valence-corrected chi connectivity index (χ2v) is 5.98. The molecule has 2 aromatic heterocycles. The van der Waals surface area contributed by atoms with Crippen LogP contribution in [0.5, 0.6) is 0 Å². The van der Waals surface area contributed by atoms with E-state index in [4.69, 9.17) is 5.73 Å². The Labute approximate surface area is 149 Å². The third-order valence-electron chi connectivity index (χ3n) is 4.18. The van der Waals surface area contributed by atoms with Crippen molar-refractivity contribution in [2.75, 3.05) is 5.43 Å². The van der Waals surface area contributed by atoms with Gasteiger partial charge in [-0.05, 0) is 18.2 Å². The lowest BCUT2D eigenvalue weighted by Crippen LogP contribution is -2.13. The number of hydrazone groups is 1. The number of aryl methyl sites for hydroxylation is 1. The fourth-order valence-corrected chi connectivity index (χ4v) is 2.96. The van der Waals surface area contributed by atoms with Crippen LogP contribution >= 0.6 is 0 Å². The first-order valence-corrected chi connectivity index (χ1v) is 8.31. The van der Waals surface area contributed by atoms with Crippen molar-refractivity contribution < 1.29 is 4.79 Å². The summed E-state index contributed by atoms with van der Waals surface area (Å²) in [5, 5.41) is 5.35. The first-order chi connectivity index (χ1) is 12.7. The highest BCUT2D eigenvalue weighted by molar-refractivity contribution is 5.99. The highest BCUT2D eigenvalue weighted by atomic mass is 16.1. The van der Waals surface area contributed by atoms with E-state index in [2.05, 4.69) is 20.5 Å². The second-order valence-electron chi connectivity index (χ2n) is 5.98. The number of hydrogen-bond donors (Lipinski definition) is 3. The predicted octanol–water partition coefficient (Wildman–Crippen LogP) is 2.84. The first-order valence-electron chi connectivity index (χ1n) is 8.31. The molecule has 0 fully saturated rings. The molecule has 4 aromatic rings. The van der Waals surface area contributed by atoms with Crippen LogP contribution in [0.15, 0.2) is 59.8 Å². The van der Waals surface area contributed by atoms with Gasteiger partial charge in [0.2, 0.25) is 11.9 Å². The molecule has 0 saturated carbocycles. The second kappa shape index (κ2) is 6.72. The number of para-hydroxylation sites is 3. The third-order valence-corrected chi connectivity index (χ3v) is 4.18. The van der Waals surface area contributed by atoms with E-state index < -0.39 is 0 Å². The van der Waals surface area contributed by atoms with Crippen molar-refractivity contribution in [3.63, 3.8) is 0 Å². The average Bonchev–Trinajstić information content (AvgIpc) is 3.21. The molecule has 0 aliphatic rings. The summed E-state index contributed by atoms with van der Waals surface area (Å²) in [7, 11) is 0. The smallest absolute Gasteiger partial charge is 0.222 e. The number of rotatable bonds is 6. The fourth-order valence-electron chi connectivity index (χ4n) is 2.96. The van der Waals surface area contributed by atoms with Gasteiger partial charge in [0, 0.05) is 35.6 Å². The molecule has 0 atom stereocenters. The summed E-state index contributed by atoms with van der Waals surface area (Å²) in [6.45, 7) is 0.542. The normalized spacial score (nSPS) is 11.5. The number of carbonyl (C=O) groups excluding carboxylic acids is 1. The van der Waals surface area contributed by atoms with Crippen molar-refractivity contribution in [3.8, 4) is 0 Å². The molecule has 2 aromatic carbocycles. The summed E-state index contributed by atoms with van der Waals surface area (Å²) < 4.78 is 2.02. The zero-order chi connectivity index (χ0) is 17.9. The number of nitrogens with zero attached hydrogens (tertiary/aromatic N) is 3. The molecule has 0 bridgehead atoms. The Bertz CT molecular complexity index is 1070. The topological polar surface area (TPSA) is 101 Å². The number of carbonyl (C=O) groups is 1. The van der Waals surface area contributed by atoms with Crippen LogP contribution in [0, 0.1) is 0 Å². The fraction of sp³-hybridized carbons (Fsp3) is 0.105. The van der Waals surface area contributed by atoms with Gasteiger partial charge in [-0.15, -0.1) is 0 Å². The zero-order valence-electron chi connectivity index (χ0n) is 14.0. The lowest BCUT2D eigenvalue weighted by molar-refractivity contribution is -0.118. The van der Waals surface area contributed by atoms with E-state index in [1.54, 1.807) is 6.21 Å². The van der Waals surface area contributed by atoms with Gasteiger partial charge in [-0.3, -0.25) is 4.79 Å². The lowest BCUT2D eigenvalue weighted by atomic mass is 10.2. The third kappa shape index (κ3) is 3.14. The van der Waals surface area contributed by atoms with Crippen LogP contribution in [0.2, 0.25) is 0 Å². The summed E-state index contributed by atoms with van der Waals surface area (Å²) in [6.07, 6.45) is 4.01. The molecule has 0 aliphatic heterocycles. The number of amides is 1. The monoisotopic (exact) mass is 346 g/mol. The summed E-state index contributed by atoms with van der Waals surface area (Å²) in [4.78, 5) is 18.7. The summed E-state index contributed by atoms with van der Waals surface area (Å²) in [5.74, 6) is 0.268. The van der Waals surface area contributed by atoms with Gasteiger partial charge in [-0.25, -0.2) is 10.4 Å². The molecule has 26 heavy (non-hydrogen) atoms. The highest BCUT2D eigenvalue weighted by Gasteiger charge is 2.07. The number of imidazole rings is 1. The van der Waals surface area contributed by atoms with Crippen LogP contribution in [-0.2, 0) is 11.3 Å². The van der Waals surface area contributed by atoms with E-state index in [-0.39, 0.29) is 5.91 Å². The molecule has 0 spiro atoms. The number of nitrogens with one attached hydrogen (secondary N) is 2. The number of hydrogen-bond acceptors (Lipinski definition) is 4. The number of primary amides is 1. The summed E-state index contributed by atoms with van der Waals surface area (Å²) in [5.41, 5.74) is 12.0. The quantitative estimate of drug-likeness (QED) is 0.369. The van der Waals surface area contributed by atoms with E-state index in [1.165, 1.54) is 0 Å². The van der Waals surface area contributed by atoms with Crippen LogP contribution in [0.25, 0.3) is 21.9 Å². The van der Waals surface area contributed by atoms with Crippen molar-refractivity contribution in [2.24, 2.45) is 10.8 Å². The highest BCUT2D eigenvalue weighted by Crippen LogP contribution is 2.20. The van der Waals surface area contributed by atoms with Crippen LogP contribution in [0.4, 0.5) is 5.95 Å². The van der Waals surface area contributed by atoms with E-state index >= 15 is 0 Å². The molecular formula is C19H18N6O. The molecule has 2 heterocycles. The van der Waals surface area contributed by atoms with Gasteiger partial charge in [0.05, 0.1) is 17.2 Å². The van der Waals surface area contributed by atoms with Crippen LogP contribution in [0.3, 0.4) is 0 Å². The molecule has 0 saturated heterocycles. The van der Waals surface area contributed by atoms with Crippen molar-refractivity contribution in [3.05, 3.63) is 60.3 Å². The molecule has 7 nitrogen and oxygen atoms in total. The van der Waals surface area contributed by atoms with E-state index in [9.17, 15) is 4.79 Å². The molecule has 0 radical (unpaired) electrons. The maximum absolute atomic E-state index is 11.1. The number of nitrogens with two attached hydrogens (primary N) is 1. The van der Waals surface area contributed by atoms with Crippen LogP contribution in [0.1, 0.15) is 12.0 Å². The molecule has 1 amide bonds. The molecule has 0 aliphatic carbocycles. The largest absolute Gasteiger partial charge is 0.370 e. The van der Waals surface area contributed by atoms with Crippen LogP contribution < -0.4 is 11.2 Å². The Kier molecular flexibility index (Phi) is 4.10. The number of H-pyrrole nitrogens is 1. The van der Waals surface area contributed by atoms with Gasteiger partial charge in [-0.1, -0.05) is 30.3 Å². The van der Waals surface area contributed by atoms with E-state index in [0.29, 0.717) is 18.9 Å². The number of aromatic amines is 1. The van der Waals surface area contributed by atoms with E-state index in [0.717, 1.165) is 27.5 Å². The minimum atomic E-state index is -0.315. The lowest BCUT2D eigenvalue weighted by Gasteiger charge is -2.02. The molecule has 4 rings (SSSR count). The Balaban J connectivity index is 1.57. The Morgan fingerprint density at radius 1 is 1.23 bits per heavy atom. The number of aromatic nitrogens is 3. The molecule has 4 N–H and O–H groups in total.